The standard InChI is InChI=1S/C16H35N3O.HI/c1-13(2)8-7-9-14(3)19-15(17)18-12-16(4,5)10-11-20-6;/h13-14H,7-12H2,1-6H3,(H3,17,18,19);1H. The molecular weight excluding hydrogens is 377 g/mol. The fraction of sp³-hybridized carbons (Fsp3) is 0.938. The van der Waals surface area contributed by atoms with Crippen molar-refractivity contribution in [2.75, 3.05) is 20.3 Å². The quantitative estimate of drug-likeness (QED) is 0.326. The summed E-state index contributed by atoms with van der Waals surface area (Å²) >= 11 is 0. The summed E-state index contributed by atoms with van der Waals surface area (Å²) in [5, 5.41) is 3.28. The fourth-order valence-corrected chi connectivity index (χ4v) is 1.96. The van der Waals surface area contributed by atoms with Gasteiger partial charge in [0.15, 0.2) is 5.96 Å². The Hall–Kier alpha value is -0.0400. The van der Waals surface area contributed by atoms with Crippen molar-refractivity contribution in [2.24, 2.45) is 22.1 Å². The number of ether oxygens (including phenoxy) is 1. The molecular formula is C16H36IN3O. The number of halogens is 1. The normalized spacial score (nSPS) is 14.0. The van der Waals surface area contributed by atoms with Gasteiger partial charge < -0.3 is 15.8 Å². The molecule has 0 bridgehead atoms. The van der Waals surface area contributed by atoms with Gasteiger partial charge in [-0.3, -0.25) is 4.99 Å². The summed E-state index contributed by atoms with van der Waals surface area (Å²) in [6.07, 6.45) is 4.64. The second kappa shape index (κ2) is 12.5. The summed E-state index contributed by atoms with van der Waals surface area (Å²) in [5.74, 6) is 1.34. The Kier molecular flexibility index (Phi) is 13.8. The van der Waals surface area contributed by atoms with E-state index in [-0.39, 0.29) is 29.4 Å². The third-order valence-electron chi connectivity index (χ3n) is 3.47. The minimum Gasteiger partial charge on any atom is -0.385 e. The SMILES string of the molecule is COCCC(C)(C)CN=C(N)NC(C)CCCC(C)C.I. The maximum Gasteiger partial charge on any atom is 0.188 e. The lowest BCUT2D eigenvalue weighted by Gasteiger charge is -2.22. The number of hydrogen-bond donors (Lipinski definition) is 2. The van der Waals surface area contributed by atoms with Gasteiger partial charge in [0, 0.05) is 26.3 Å². The summed E-state index contributed by atoms with van der Waals surface area (Å²) in [5.41, 5.74) is 6.08. The largest absolute Gasteiger partial charge is 0.385 e. The van der Waals surface area contributed by atoms with Crippen LogP contribution in [0.15, 0.2) is 4.99 Å². The number of nitrogens with one attached hydrogen (secondary N) is 1. The van der Waals surface area contributed by atoms with Crippen LogP contribution >= 0.6 is 24.0 Å². The molecule has 5 heteroatoms. The second-order valence-electron chi connectivity index (χ2n) is 6.98. The summed E-state index contributed by atoms with van der Waals surface area (Å²) in [7, 11) is 1.73. The predicted octanol–water partition coefficient (Wildman–Crippen LogP) is 3.79. The average molecular weight is 413 g/mol. The molecule has 0 rings (SSSR count). The number of rotatable bonds is 10. The smallest absolute Gasteiger partial charge is 0.188 e. The van der Waals surface area contributed by atoms with E-state index in [1.807, 2.05) is 0 Å². The zero-order valence-corrected chi connectivity index (χ0v) is 17.1. The maximum atomic E-state index is 5.95. The topological polar surface area (TPSA) is 59.6 Å². The third-order valence-corrected chi connectivity index (χ3v) is 3.47. The van der Waals surface area contributed by atoms with E-state index in [2.05, 4.69) is 44.9 Å². The van der Waals surface area contributed by atoms with Crippen molar-refractivity contribution in [3.63, 3.8) is 0 Å². The van der Waals surface area contributed by atoms with Crippen molar-refractivity contribution in [3.8, 4) is 0 Å². The van der Waals surface area contributed by atoms with Gasteiger partial charge in [-0.2, -0.15) is 0 Å². The van der Waals surface area contributed by atoms with E-state index in [9.17, 15) is 0 Å². The highest BCUT2D eigenvalue weighted by Crippen LogP contribution is 2.20. The van der Waals surface area contributed by atoms with Crippen LogP contribution in [0.3, 0.4) is 0 Å². The van der Waals surface area contributed by atoms with E-state index in [0.29, 0.717) is 12.0 Å². The van der Waals surface area contributed by atoms with E-state index in [1.165, 1.54) is 12.8 Å². The first kappa shape index (κ1) is 23.2. The molecule has 0 radical (unpaired) electrons. The van der Waals surface area contributed by atoms with Crippen LogP contribution in [-0.4, -0.2) is 32.3 Å². The van der Waals surface area contributed by atoms with E-state index < -0.39 is 0 Å². The van der Waals surface area contributed by atoms with Gasteiger partial charge in [-0.05, 0) is 31.1 Å². The Morgan fingerprint density at radius 2 is 1.86 bits per heavy atom. The van der Waals surface area contributed by atoms with Crippen molar-refractivity contribution >= 4 is 29.9 Å². The molecule has 0 aromatic heterocycles. The summed E-state index contributed by atoms with van der Waals surface area (Å²) in [4.78, 5) is 4.46. The number of aliphatic imine (C=N–C) groups is 1. The van der Waals surface area contributed by atoms with Crippen LogP contribution in [0.4, 0.5) is 0 Å². The molecule has 128 valence electrons. The Labute approximate surface area is 148 Å². The van der Waals surface area contributed by atoms with E-state index in [0.717, 1.165) is 31.9 Å². The molecule has 0 fully saturated rings. The Morgan fingerprint density at radius 3 is 2.38 bits per heavy atom. The van der Waals surface area contributed by atoms with Crippen LogP contribution < -0.4 is 11.1 Å². The van der Waals surface area contributed by atoms with Gasteiger partial charge in [0.05, 0.1) is 0 Å². The summed E-state index contributed by atoms with van der Waals surface area (Å²) in [6, 6.07) is 0.389. The van der Waals surface area contributed by atoms with Crippen molar-refractivity contribution in [2.45, 2.75) is 66.3 Å². The number of methoxy groups -OCH3 is 1. The van der Waals surface area contributed by atoms with Gasteiger partial charge in [-0.15, -0.1) is 24.0 Å². The number of hydrogen-bond acceptors (Lipinski definition) is 2. The second-order valence-corrected chi connectivity index (χ2v) is 6.98. The van der Waals surface area contributed by atoms with Crippen LogP contribution in [0.25, 0.3) is 0 Å². The van der Waals surface area contributed by atoms with Gasteiger partial charge in [0.2, 0.25) is 0 Å². The van der Waals surface area contributed by atoms with Gasteiger partial charge in [0.1, 0.15) is 0 Å². The molecule has 0 aromatic carbocycles. The zero-order valence-electron chi connectivity index (χ0n) is 14.7. The van der Waals surface area contributed by atoms with E-state index in [4.69, 9.17) is 10.5 Å². The monoisotopic (exact) mass is 413 g/mol. The van der Waals surface area contributed by atoms with Crippen molar-refractivity contribution in [1.29, 1.82) is 0 Å². The van der Waals surface area contributed by atoms with Gasteiger partial charge in [-0.1, -0.05) is 40.5 Å². The number of nitrogens with two attached hydrogens (primary N) is 1. The van der Waals surface area contributed by atoms with Gasteiger partial charge in [0.25, 0.3) is 0 Å². The highest BCUT2D eigenvalue weighted by molar-refractivity contribution is 14.0. The van der Waals surface area contributed by atoms with Crippen molar-refractivity contribution < 1.29 is 4.74 Å². The van der Waals surface area contributed by atoms with Gasteiger partial charge >= 0.3 is 0 Å². The molecule has 0 aromatic rings. The van der Waals surface area contributed by atoms with E-state index >= 15 is 0 Å². The lowest BCUT2D eigenvalue weighted by atomic mass is 9.90. The number of guanidine groups is 1. The Balaban J connectivity index is 0. The van der Waals surface area contributed by atoms with Crippen molar-refractivity contribution in [3.05, 3.63) is 0 Å². The lowest BCUT2D eigenvalue weighted by Crippen LogP contribution is -2.39. The van der Waals surface area contributed by atoms with Gasteiger partial charge in [-0.25, -0.2) is 0 Å². The van der Waals surface area contributed by atoms with Crippen LogP contribution in [-0.2, 0) is 4.74 Å². The van der Waals surface area contributed by atoms with Crippen molar-refractivity contribution in [1.82, 2.24) is 5.32 Å². The molecule has 21 heavy (non-hydrogen) atoms. The van der Waals surface area contributed by atoms with Crippen LogP contribution in [0.1, 0.15) is 60.3 Å². The summed E-state index contributed by atoms with van der Waals surface area (Å²) in [6.45, 7) is 12.6. The fourth-order valence-electron chi connectivity index (χ4n) is 1.96. The highest BCUT2D eigenvalue weighted by atomic mass is 127. The predicted molar refractivity (Wildman–Crippen MR) is 103 cm³/mol. The molecule has 0 saturated carbocycles. The first-order chi connectivity index (χ1) is 9.26. The minimum atomic E-state index is 0. The Morgan fingerprint density at radius 1 is 1.24 bits per heavy atom. The lowest BCUT2D eigenvalue weighted by molar-refractivity contribution is 0.155. The number of nitrogens with zero attached hydrogens (tertiary/aromatic N) is 1. The average Bonchev–Trinajstić information content (AvgIpc) is 2.34. The molecule has 0 saturated heterocycles. The third kappa shape index (κ3) is 14.7. The molecule has 0 aliphatic rings. The molecule has 3 N–H and O–H groups in total. The minimum absolute atomic E-state index is 0. The van der Waals surface area contributed by atoms with Crippen LogP contribution in [0, 0.1) is 11.3 Å². The first-order valence-corrected chi connectivity index (χ1v) is 7.82. The maximum absolute atomic E-state index is 5.95. The summed E-state index contributed by atoms with van der Waals surface area (Å²) < 4.78 is 5.12. The molecule has 0 aliphatic carbocycles. The Bertz CT molecular complexity index is 281. The van der Waals surface area contributed by atoms with Crippen LogP contribution in [0.5, 0.6) is 0 Å². The van der Waals surface area contributed by atoms with E-state index in [1.54, 1.807) is 7.11 Å². The molecule has 0 heterocycles. The molecule has 0 aliphatic heterocycles. The molecule has 0 spiro atoms. The zero-order chi connectivity index (χ0) is 15.6. The molecule has 1 unspecified atom stereocenters. The molecule has 4 nitrogen and oxygen atoms in total. The highest BCUT2D eigenvalue weighted by Gasteiger charge is 2.17. The molecule has 0 amide bonds. The first-order valence-electron chi connectivity index (χ1n) is 7.82. The van der Waals surface area contributed by atoms with Crippen LogP contribution in [0.2, 0.25) is 0 Å². The molecule has 1 atom stereocenters.